The molecule has 0 spiro atoms. The van der Waals surface area contributed by atoms with Gasteiger partial charge in [-0.15, -0.1) is 0 Å². The minimum absolute atomic E-state index is 0.00307. The summed E-state index contributed by atoms with van der Waals surface area (Å²) >= 11 is 0. The van der Waals surface area contributed by atoms with Gasteiger partial charge in [-0.3, -0.25) is 20.4 Å². The number of amides is 1. The van der Waals surface area contributed by atoms with E-state index in [1.165, 1.54) is 0 Å². The van der Waals surface area contributed by atoms with E-state index in [9.17, 15) is 18.0 Å². The maximum Gasteiger partial charge on any atom is 0.392 e. The van der Waals surface area contributed by atoms with E-state index >= 15 is 0 Å². The monoisotopic (exact) mass is 580 g/mol. The molecule has 0 radical (unpaired) electrons. The summed E-state index contributed by atoms with van der Waals surface area (Å²) in [6.07, 6.45) is 1.91. The van der Waals surface area contributed by atoms with Crippen LogP contribution in [-0.2, 0) is 4.79 Å². The molecule has 1 amide bonds. The molecular formula is C31H51F3N6O. The Morgan fingerprint density at radius 2 is 1.80 bits per heavy atom. The molecule has 10 heteroatoms. The van der Waals surface area contributed by atoms with Gasteiger partial charge in [-0.05, 0) is 77.0 Å². The van der Waals surface area contributed by atoms with Crippen molar-refractivity contribution >= 4 is 5.91 Å². The maximum absolute atomic E-state index is 14.2. The summed E-state index contributed by atoms with van der Waals surface area (Å²) in [6, 6.07) is 0.201. The SMILES string of the molecule is CC1CCC(C(=O)NC2CCC(CN3CCN(C(C)C)CC3)C(C(F)(F)F)C2)CC1C#CC1CNC2CCCNN12. The third-order valence-electron chi connectivity index (χ3n) is 10.6. The number of hydrazine groups is 1. The molecule has 2 saturated carbocycles. The van der Waals surface area contributed by atoms with E-state index < -0.39 is 24.1 Å². The fraction of sp³-hybridized carbons (Fsp3) is 0.903. The molecule has 0 aromatic rings. The number of hydrogen-bond acceptors (Lipinski definition) is 6. The number of rotatable bonds is 5. The van der Waals surface area contributed by atoms with Gasteiger partial charge in [0.25, 0.3) is 0 Å². The Labute approximate surface area is 244 Å². The first-order valence-electron chi connectivity index (χ1n) is 16.2. The predicted octanol–water partition coefficient (Wildman–Crippen LogP) is 3.43. The molecule has 41 heavy (non-hydrogen) atoms. The second-order valence-electron chi connectivity index (χ2n) is 13.6. The molecule has 8 atom stereocenters. The molecule has 3 saturated heterocycles. The average molecular weight is 581 g/mol. The van der Waals surface area contributed by atoms with Crippen molar-refractivity contribution in [3.05, 3.63) is 0 Å². The lowest BCUT2D eigenvalue weighted by atomic mass is 9.73. The lowest BCUT2D eigenvalue weighted by molar-refractivity contribution is -0.200. The van der Waals surface area contributed by atoms with Gasteiger partial charge in [0.15, 0.2) is 0 Å². The van der Waals surface area contributed by atoms with Crippen molar-refractivity contribution in [2.24, 2.45) is 29.6 Å². The average Bonchev–Trinajstić information content (AvgIpc) is 3.36. The number of piperazine rings is 1. The first-order valence-corrected chi connectivity index (χ1v) is 16.2. The molecule has 3 aliphatic heterocycles. The highest BCUT2D eigenvalue weighted by atomic mass is 19.4. The van der Waals surface area contributed by atoms with Gasteiger partial charge >= 0.3 is 6.18 Å². The zero-order valence-corrected chi connectivity index (χ0v) is 25.2. The van der Waals surface area contributed by atoms with Crippen molar-refractivity contribution in [1.82, 2.24) is 30.9 Å². The molecule has 5 rings (SSSR count). The predicted molar refractivity (Wildman–Crippen MR) is 154 cm³/mol. The zero-order chi connectivity index (χ0) is 29.1. The summed E-state index contributed by atoms with van der Waals surface area (Å²) in [7, 11) is 0. The molecule has 0 bridgehead atoms. The van der Waals surface area contributed by atoms with Crippen LogP contribution >= 0.6 is 0 Å². The van der Waals surface area contributed by atoms with Gasteiger partial charge in [0.1, 0.15) is 0 Å². The number of halogens is 3. The van der Waals surface area contributed by atoms with Gasteiger partial charge in [0, 0.05) is 69.7 Å². The number of alkyl halides is 3. The first kappa shape index (κ1) is 31.1. The lowest BCUT2D eigenvalue weighted by Crippen LogP contribution is -2.53. The molecule has 7 nitrogen and oxygen atoms in total. The van der Waals surface area contributed by atoms with Crippen LogP contribution in [0.5, 0.6) is 0 Å². The number of fused-ring (bicyclic) bond motifs is 1. The van der Waals surface area contributed by atoms with Crippen LogP contribution < -0.4 is 16.1 Å². The first-order chi connectivity index (χ1) is 19.6. The second-order valence-corrected chi connectivity index (χ2v) is 13.6. The molecule has 0 aromatic heterocycles. The van der Waals surface area contributed by atoms with Gasteiger partial charge < -0.3 is 10.2 Å². The van der Waals surface area contributed by atoms with Crippen LogP contribution in [0, 0.1) is 41.4 Å². The Hall–Kier alpha value is -1.38. The molecule has 2 aliphatic carbocycles. The highest BCUT2D eigenvalue weighted by Crippen LogP contribution is 2.42. The Morgan fingerprint density at radius 1 is 1.02 bits per heavy atom. The minimum atomic E-state index is -4.24. The van der Waals surface area contributed by atoms with Crippen molar-refractivity contribution < 1.29 is 18.0 Å². The maximum atomic E-state index is 14.2. The van der Waals surface area contributed by atoms with Crippen LogP contribution in [0.2, 0.25) is 0 Å². The third kappa shape index (κ3) is 7.77. The van der Waals surface area contributed by atoms with Crippen LogP contribution in [0.3, 0.4) is 0 Å². The van der Waals surface area contributed by atoms with Gasteiger partial charge in [-0.2, -0.15) is 13.2 Å². The molecule has 3 N–H and O–H groups in total. The Kier molecular flexibility index (Phi) is 10.2. The lowest BCUT2D eigenvalue weighted by Gasteiger charge is -2.43. The Morgan fingerprint density at radius 3 is 2.54 bits per heavy atom. The van der Waals surface area contributed by atoms with Gasteiger partial charge in [0.2, 0.25) is 5.91 Å². The third-order valence-corrected chi connectivity index (χ3v) is 10.6. The number of carbonyl (C=O) groups excluding carboxylic acids is 1. The zero-order valence-electron chi connectivity index (χ0n) is 25.2. The van der Waals surface area contributed by atoms with Crippen LogP contribution in [0.4, 0.5) is 13.2 Å². The summed E-state index contributed by atoms with van der Waals surface area (Å²) in [6.45, 7) is 12.4. The number of nitrogens with one attached hydrogen (secondary N) is 3. The number of hydrogen-bond donors (Lipinski definition) is 3. The van der Waals surface area contributed by atoms with Crippen LogP contribution in [0.15, 0.2) is 0 Å². The normalized spacial score (nSPS) is 37.8. The highest BCUT2D eigenvalue weighted by molar-refractivity contribution is 5.79. The molecule has 232 valence electrons. The largest absolute Gasteiger partial charge is 0.392 e. The van der Waals surface area contributed by atoms with Crippen molar-refractivity contribution in [3.63, 3.8) is 0 Å². The Balaban J connectivity index is 1.13. The second kappa shape index (κ2) is 13.5. The highest BCUT2D eigenvalue weighted by Gasteiger charge is 2.48. The summed E-state index contributed by atoms with van der Waals surface area (Å²) < 4.78 is 42.7. The van der Waals surface area contributed by atoms with Crippen LogP contribution in [0.25, 0.3) is 0 Å². The van der Waals surface area contributed by atoms with Crippen LogP contribution in [-0.4, -0.2) is 97.0 Å². The molecule has 8 unspecified atom stereocenters. The van der Waals surface area contributed by atoms with E-state index in [1.807, 2.05) is 0 Å². The Bertz CT molecular complexity index is 942. The standard InChI is InChI=1S/C31H51F3N6O/c1-21(2)39-15-13-38(14-16-39)20-25-8-10-26(18-28(25)31(32,33)34)37-30(41)24-7-6-22(3)23(17-24)9-11-27-19-35-29-5-4-12-36-40(27)29/h21-29,35-36H,4-8,10,12-20H2,1-3H3,(H,37,41). The van der Waals surface area contributed by atoms with E-state index in [2.05, 4.69) is 63.5 Å². The fourth-order valence-electron chi connectivity index (χ4n) is 7.81. The summed E-state index contributed by atoms with van der Waals surface area (Å²) in [4.78, 5) is 17.9. The minimum Gasteiger partial charge on any atom is -0.353 e. The van der Waals surface area contributed by atoms with Crippen molar-refractivity contribution in [2.75, 3.05) is 45.8 Å². The van der Waals surface area contributed by atoms with Crippen LogP contribution in [0.1, 0.15) is 72.1 Å². The fourth-order valence-corrected chi connectivity index (χ4v) is 7.81. The molecule has 5 fully saturated rings. The van der Waals surface area contributed by atoms with E-state index in [4.69, 9.17) is 0 Å². The van der Waals surface area contributed by atoms with Gasteiger partial charge in [-0.25, -0.2) is 5.01 Å². The van der Waals surface area contributed by atoms with Crippen molar-refractivity contribution in [1.29, 1.82) is 0 Å². The molecular weight excluding hydrogens is 529 g/mol. The summed E-state index contributed by atoms with van der Waals surface area (Å²) in [5.41, 5.74) is 3.47. The van der Waals surface area contributed by atoms with E-state index in [-0.39, 0.29) is 30.2 Å². The van der Waals surface area contributed by atoms with E-state index in [0.29, 0.717) is 43.9 Å². The summed E-state index contributed by atoms with van der Waals surface area (Å²) in [5.74, 6) is 5.53. The van der Waals surface area contributed by atoms with E-state index in [1.54, 1.807) is 0 Å². The molecule has 3 heterocycles. The van der Waals surface area contributed by atoms with Crippen molar-refractivity contribution in [2.45, 2.75) is 103 Å². The molecule has 5 aliphatic rings. The van der Waals surface area contributed by atoms with Gasteiger partial charge in [-0.1, -0.05) is 18.8 Å². The summed E-state index contributed by atoms with van der Waals surface area (Å²) in [5, 5.41) is 8.85. The number of nitrogens with zero attached hydrogens (tertiary/aromatic N) is 3. The topological polar surface area (TPSA) is 62.9 Å². The molecule has 0 aromatic carbocycles. The van der Waals surface area contributed by atoms with Crippen molar-refractivity contribution in [3.8, 4) is 11.8 Å². The van der Waals surface area contributed by atoms with E-state index in [0.717, 1.165) is 65.0 Å². The number of carbonyl (C=O) groups is 1. The van der Waals surface area contributed by atoms with Gasteiger partial charge in [0.05, 0.1) is 18.1 Å². The smallest absolute Gasteiger partial charge is 0.353 e. The quantitative estimate of drug-likeness (QED) is 0.434.